The summed E-state index contributed by atoms with van der Waals surface area (Å²) < 4.78 is 92.9. The molecule has 45 heavy (non-hydrogen) atoms. The average molecular weight is 637 g/mol. The molecule has 0 radical (unpaired) electrons. The van der Waals surface area contributed by atoms with Gasteiger partial charge in [-0.05, 0) is 42.3 Å². The molecule has 5 rings (SSSR count). The van der Waals surface area contributed by atoms with Crippen molar-refractivity contribution in [2.75, 3.05) is 51.3 Å². The Morgan fingerprint density at radius 1 is 0.911 bits per heavy atom. The number of hydrogen-bond acceptors (Lipinski definition) is 6. The highest BCUT2D eigenvalue weighted by molar-refractivity contribution is 6.04. The van der Waals surface area contributed by atoms with Gasteiger partial charge < -0.3 is 24.2 Å². The number of piperazine rings is 1. The Bertz CT molecular complexity index is 1550. The standard InChI is InChI=1S/C31H30F6N4O4/c1-19(42)39-9-11-40(12-10-39)26-17-24(23-6-3-4-7-25(23)44-2)27-28(38-26)45-13-5-8-41(29(27)43)18-20-14-21(30(32,33)34)16-22(15-20)31(35,36)37/h3-4,6-7,14-17H,5,8-13,18H2,1-2H3. The minimum atomic E-state index is -5.02. The van der Waals surface area contributed by atoms with E-state index in [4.69, 9.17) is 9.47 Å². The first-order valence-corrected chi connectivity index (χ1v) is 14.2. The number of carbonyl (C=O) groups excluding carboxylic acids is 2. The molecule has 0 bridgehead atoms. The molecule has 2 amide bonds. The van der Waals surface area contributed by atoms with Gasteiger partial charge in [0.1, 0.15) is 17.1 Å². The van der Waals surface area contributed by atoms with Gasteiger partial charge in [-0.15, -0.1) is 0 Å². The van der Waals surface area contributed by atoms with Crippen LogP contribution in [0.25, 0.3) is 11.1 Å². The Morgan fingerprint density at radius 2 is 1.56 bits per heavy atom. The number of amides is 2. The van der Waals surface area contributed by atoms with Gasteiger partial charge in [0, 0.05) is 57.3 Å². The summed E-state index contributed by atoms with van der Waals surface area (Å²) in [5.41, 5.74) is -2.34. The maximum Gasteiger partial charge on any atom is 0.416 e. The second-order valence-corrected chi connectivity index (χ2v) is 10.7. The number of ether oxygens (including phenoxy) is 2. The number of carbonyl (C=O) groups is 2. The molecule has 0 unspecified atom stereocenters. The van der Waals surface area contributed by atoms with E-state index in [0.29, 0.717) is 61.0 Å². The number of alkyl halides is 6. The van der Waals surface area contributed by atoms with Gasteiger partial charge in [-0.1, -0.05) is 18.2 Å². The average Bonchev–Trinajstić information content (AvgIpc) is 3.00. The maximum absolute atomic E-state index is 14.2. The molecule has 1 fully saturated rings. The zero-order valence-corrected chi connectivity index (χ0v) is 24.5. The van der Waals surface area contributed by atoms with Crippen LogP contribution in [-0.2, 0) is 23.7 Å². The third-order valence-electron chi connectivity index (χ3n) is 7.75. The van der Waals surface area contributed by atoms with E-state index in [1.807, 2.05) is 4.90 Å². The number of nitrogens with zero attached hydrogens (tertiary/aromatic N) is 4. The summed E-state index contributed by atoms with van der Waals surface area (Å²) in [5.74, 6) is 0.166. The lowest BCUT2D eigenvalue weighted by atomic mass is 9.97. The molecule has 0 spiro atoms. The van der Waals surface area contributed by atoms with E-state index in [9.17, 15) is 35.9 Å². The number of methoxy groups -OCH3 is 1. The molecule has 8 nitrogen and oxygen atoms in total. The molecule has 2 aromatic carbocycles. The first-order chi connectivity index (χ1) is 21.3. The van der Waals surface area contributed by atoms with Gasteiger partial charge in [0.2, 0.25) is 11.8 Å². The van der Waals surface area contributed by atoms with Gasteiger partial charge in [0.05, 0.1) is 24.8 Å². The van der Waals surface area contributed by atoms with E-state index in [1.54, 1.807) is 35.2 Å². The number of para-hydroxylation sites is 1. The molecule has 0 atom stereocenters. The van der Waals surface area contributed by atoms with Gasteiger partial charge in [-0.3, -0.25) is 9.59 Å². The van der Waals surface area contributed by atoms with Gasteiger partial charge >= 0.3 is 12.4 Å². The zero-order chi connectivity index (χ0) is 32.5. The van der Waals surface area contributed by atoms with Crippen LogP contribution in [0.3, 0.4) is 0 Å². The second kappa shape index (κ2) is 12.5. The highest BCUT2D eigenvalue weighted by Crippen LogP contribution is 2.40. The Morgan fingerprint density at radius 3 is 2.16 bits per heavy atom. The summed E-state index contributed by atoms with van der Waals surface area (Å²) in [6, 6.07) is 9.90. The Kier molecular flexibility index (Phi) is 8.86. The molecule has 14 heteroatoms. The van der Waals surface area contributed by atoms with E-state index in [1.165, 1.54) is 18.9 Å². The number of anilines is 1. The van der Waals surface area contributed by atoms with Crippen molar-refractivity contribution in [1.82, 2.24) is 14.8 Å². The lowest BCUT2D eigenvalue weighted by molar-refractivity contribution is -0.143. The summed E-state index contributed by atoms with van der Waals surface area (Å²) in [4.78, 5) is 35.6. The lowest BCUT2D eigenvalue weighted by Crippen LogP contribution is -2.48. The van der Waals surface area contributed by atoms with Crippen molar-refractivity contribution in [3.8, 4) is 22.8 Å². The fraction of sp³-hybridized carbons (Fsp3) is 0.387. The molecular formula is C31H30F6N4O4. The molecule has 3 aromatic rings. The predicted molar refractivity (Wildman–Crippen MR) is 152 cm³/mol. The summed E-state index contributed by atoms with van der Waals surface area (Å²) in [7, 11) is 1.46. The van der Waals surface area contributed by atoms with Crippen LogP contribution in [0.1, 0.15) is 40.4 Å². The number of hydrogen-bond donors (Lipinski definition) is 0. The first kappa shape index (κ1) is 31.9. The molecule has 3 heterocycles. The normalized spacial score (nSPS) is 16.1. The Labute approximate surface area is 255 Å². The van der Waals surface area contributed by atoms with Crippen molar-refractivity contribution in [3.05, 3.63) is 70.8 Å². The Hall–Kier alpha value is -4.49. The van der Waals surface area contributed by atoms with Crippen molar-refractivity contribution in [3.63, 3.8) is 0 Å². The highest BCUT2D eigenvalue weighted by Gasteiger charge is 2.38. The van der Waals surface area contributed by atoms with Gasteiger partial charge in [-0.2, -0.15) is 31.3 Å². The number of halogens is 6. The van der Waals surface area contributed by atoms with Crippen molar-refractivity contribution < 1.29 is 45.4 Å². The smallest absolute Gasteiger partial charge is 0.416 e. The van der Waals surface area contributed by atoms with Crippen molar-refractivity contribution >= 4 is 17.6 Å². The summed E-state index contributed by atoms with van der Waals surface area (Å²) in [6.07, 6.45) is -9.79. The lowest BCUT2D eigenvalue weighted by Gasteiger charge is -2.35. The van der Waals surface area contributed by atoms with E-state index in [-0.39, 0.29) is 48.6 Å². The van der Waals surface area contributed by atoms with Crippen molar-refractivity contribution in [1.29, 1.82) is 0 Å². The number of fused-ring (bicyclic) bond motifs is 1. The Balaban J connectivity index is 1.60. The summed E-state index contributed by atoms with van der Waals surface area (Å²) in [6.45, 7) is 2.94. The van der Waals surface area contributed by atoms with Crippen LogP contribution >= 0.6 is 0 Å². The zero-order valence-electron chi connectivity index (χ0n) is 24.5. The van der Waals surface area contributed by atoms with Crippen LogP contribution in [-0.4, -0.2) is 73.0 Å². The van der Waals surface area contributed by atoms with E-state index in [2.05, 4.69) is 4.98 Å². The number of pyridine rings is 1. The minimum absolute atomic E-state index is 0.00772. The summed E-state index contributed by atoms with van der Waals surface area (Å²) >= 11 is 0. The van der Waals surface area contributed by atoms with E-state index < -0.39 is 35.9 Å². The number of aromatic nitrogens is 1. The molecule has 1 aromatic heterocycles. The number of benzene rings is 2. The van der Waals surface area contributed by atoms with Crippen LogP contribution in [0.2, 0.25) is 0 Å². The predicted octanol–water partition coefficient (Wildman–Crippen LogP) is 5.89. The van der Waals surface area contributed by atoms with Crippen LogP contribution in [0, 0.1) is 0 Å². The third-order valence-corrected chi connectivity index (χ3v) is 7.75. The largest absolute Gasteiger partial charge is 0.496 e. The van der Waals surface area contributed by atoms with Crippen molar-refractivity contribution in [2.45, 2.75) is 32.2 Å². The van der Waals surface area contributed by atoms with Crippen LogP contribution in [0.15, 0.2) is 48.5 Å². The van der Waals surface area contributed by atoms with Crippen LogP contribution < -0.4 is 14.4 Å². The van der Waals surface area contributed by atoms with Crippen LogP contribution in [0.4, 0.5) is 32.2 Å². The maximum atomic E-state index is 14.2. The van der Waals surface area contributed by atoms with Gasteiger partial charge in [-0.25, -0.2) is 0 Å². The topological polar surface area (TPSA) is 75.2 Å². The monoisotopic (exact) mass is 636 g/mol. The third kappa shape index (κ3) is 6.94. The molecule has 240 valence electrons. The molecular weight excluding hydrogens is 606 g/mol. The van der Waals surface area contributed by atoms with Gasteiger partial charge in [0.15, 0.2) is 0 Å². The summed E-state index contributed by atoms with van der Waals surface area (Å²) in [5, 5.41) is 0. The van der Waals surface area contributed by atoms with Gasteiger partial charge in [0.25, 0.3) is 5.91 Å². The molecule has 2 aliphatic heterocycles. The first-order valence-electron chi connectivity index (χ1n) is 14.2. The minimum Gasteiger partial charge on any atom is -0.496 e. The quantitative estimate of drug-likeness (QED) is 0.326. The molecule has 0 aliphatic carbocycles. The molecule has 0 N–H and O–H groups in total. The highest BCUT2D eigenvalue weighted by atomic mass is 19.4. The molecule has 2 aliphatic rings. The van der Waals surface area contributed by atoms with Crippen molar-refractivity contribution in [2.24, 2.45) is 0 Å². The number of rotatable bonds is 5. The fourth-order valence-corrected chi connectivity index (χ4v) is 5.48. The second-order valence-electron chi connectivity index (χ2n) is 10.7. The van der Waals surface area contributed by atoms with E-state index in [0.717, 1.165) is 0 Å². The van der Waals surface area contributed by atoms with Crippen LogP contribution in [0.5, 0.6) is 11.6 Å². The molecule has 1 saturated heterocycles. The SMILES string of the molecule is COc1ccccc1-c1cc(N2CCN(C(C)=O)CC2)nc2c1C(=O)N(Cc1cc(C(F)(F)F)cc(C(F)(F)F)c1)CCCO2. The molecule has 0 saturated carbocycles. The van der Waals surface area contributed by atoms with E-state index >= 15 is 0 Å². The fourth-order valence-electron chi connectivity index (χ4n) is 5.48.